The van der Waals surface area contributed by atoms with Gasteiger partial charge >= 0.3 is 0 Å². The summed E-state index contributed by atoms with van der Waals surface area (Å²) in [7, 11) is 0. The van der Waals surface area contributed by atoms with Crippen molar-refractivity contribution in [3.05, 3.63) is 70.7 Å². The molecule has 0 unspecified atom stereocenters. The SMILES string of the molecule is CCN(CC)c1ccc(-n2nc3cc(C)c(NC(=O)C(C)(C)Oc4ccc(Cl)cc4)cc3n2)c(C)c1. The highest BCUT2D eigenvalue weighted by molar-refractivity contribution is 6.30. The Morgan fingerprint density at radius 1 is 0.972 bits per heavy atom. The first-order valence-corrected chi connectivity index (χ1v) is 12.5. The number of aromatic nitrogens is 3. The molecule has 0 aliphatic carbocycles. The van der Waals surface area contributed by atoms with Gasteiger partial charge in [0.25, 0.3) is 5.91 Å². The smallest absolute Gasteiger partial charge is 0.267 e. The molecular weight excluding hydrogens is 474 g/mol. The molecule has 1 amide bonds. The summed E-state index contributed by atoms with van der Waals surface area (Å²) in [5.41, 5.74) is 5.10. The predicted octanol–water partition coefficient (Wildman–Crippen LogP) is 6.33. The van der Waals surface area contributed by atoms with Crippen LogP contribution in [0.15, 0.2) is 54.6 Å². The summed E-state index contributed by atoms with van der Waals surface area (Å²) in [5.74, 6) is 0.298. The van der Waals surface area contributed by atoms with Crippen LogP contribution in [0, 0.1) is 13.8 Å². The van der Waals surface area contributed by atoms with Crippen LogP contribution in [0.1, 0.15) is 38.8 Å². The number of amides is 1. The first-order chi connectivity index (χ1) is 17.1. The standard InChI is InChI=1S/C28H32ClN5O2/c1-7-33(8-2)21-11-14-26(19(4)15-21)34-31-24-16-18(3)23(17-25(24)32-34)30-27(35)28(5,6)36-22-12-9-20(29)10-13-22/h9-17H,7-8H2,1-6H3,(H,30,35). The van der Waals surface area contributed by atoms with Crippen molar-refractivity contribution in [1.29, 1.82) is 0 Å². The van der Waals surface area contributed by atoms with Crippen LogP contribution in [0.25, 0.3) is 16.7 Å². The number of hydrogen-bond donors (Lipinski definition) is 1. The topological polar surface area (TPSA) is 72.3 Å². The minimum atomic E-state index is -1.10. The van der Waals surface area contributed by atoms with Crippen LogP contribution in [0.3, 0.4) is 0 Å². The molecule has 3 aromatic carbocycles. The average Bonchev–Trinajstić information content (AvgIpc) is 3.23. The fourth-order valence-electron chi connectivity index (χ4n) is 4.08. The lowest BCUT2D eigenvalue weighted by Crippen LogP contribution is -2.42. The van der Waals surface area contributed by atoms with E-state index in [1.807, 2.05) is 25.1 Å². The minimum Gasteiger partial charge on any atom is -0.478 e. The van der Waals surface area contributed by atoms with Gasteiger partial charge in [-0.25, -0.2) is 0 Å². The second-order valence-electron chi connectivity index (χ2n) is 9.31. The zero-order valence-electron chi connectivity index (χ0n) is 21.6. The van der Waals surface area contributed by atoms with Crippen LogP contribution in [-0.2, 0) is 4.79 Å². The lowest BCUT2D eigenvalue weighted by Gasteiger charge is -2.25. The fraction of sp³-hybridized carbons (Fsp3) is 0.321. The Morgan fingerprint density at radius 2 is 1.61 bits per heavy atom. The number of aryl methyl sites for hydroxylation is 2. The molecule has 0 aliphatic heterocycles. The number of carbonyl (C=O) groups is 1. The molecule has 0 fully saturated rings. The highest BCUT2D eigenvalue weighted by Gasteiger charge is 2.30. The maximum Gasteiger partial charge on any atom is 0.267 e. The van der Waals surface area contributed by atoms with E-state index in [4.69, 9.17) is 26.5 Å². The minimum absolute atomic E-state index is 0.268. The summed E-state index contributed by atoms with van der Waals surface area (Å²) in [6.45, 7) is 13.7. The van der Waals surface area contributed by atoms with Crippen molar-refractivity contribution < 1.29 is 9.53 Å². The second kappa shape index (κ2) is 10.2. The summed E-state index contributed by atoms with van der Waals surface area (Å²) in [6.07, 6.45) is 0. The molecule has 0 aliphatic rings. The van der Waals surface area contributed by atoms with Gasteiger partial charge in [0.05, 0.1) is 5.69 Å². The average molecular weight is 506 g/mol. The molecule has 36 heavy (non-hydrogen) atoms. The molecule has 0 saturated heterocycles. The van der Waals surface area contributed by atoms with E-state index in [1.54, 1.807) is 42.9 Å². The number of anilines is 2. The molecule has 0 atom stereocenters. The van der Waals surface area contributed by atoms with Gasteiger partial charge in [0.15, 0.2) is 5.60 Å². The third-order valence-electron chi connectivity index (χ3n) is 6.23. The van der Waals surface area contributed by atoms with E-state index in [0.717, 1.165) is 35.4 Å². The molecule has 0 radical (unpaired) electrons. The molecule has 0 saturated carbocycles. The van der Waals surface area contributed by atoms with Crippen LogP contribution >= 0.6 is 11.6 Å². The Labute approximate surface area is 217 Å². The first-order valence-electron chi connectivity index (χ1n) is 12.1. The number of halogens is 1. The number of nitrogens with one attached hydrogen (secondary N) is 1. The lowest BCUT2D eigenvalue weighted by molar-refractivity contribution is -0.128. The number of fused-ring (bicyclic) bond motifs is 1. The Morgan fingerprint density at radius 3 is 2.22 bits per heavy atom. The van der Waals surface area contributed by atoms with E-state index < -0.39 is 5.60 Å². The Balaban J connectivity index is 1.57. The van der Waals surface area contributed by atoms with Crippen molar-refractivity contribution in [2.24, 2.45) is 0 Å². The van der Waals surface area contributed by atoms with Gasteiger partial charge in [-0.15, -0.1) is 10.2 Å². The van der Waals surface area contributed by atoms with Gasteiger partial charge in [-0.1, -0.05) is 11.6 Å². The van der Waals surface area contributed by atoms with Crippen LogP contribution < -0.4 is 15.0 Å². The summed E-state index contributed by atoms with van der Waals surface area (Å²) in [6, 6.07) is 17.0. The summed E-state index contributed by atoms with van der Waals surface area (Å²) >= 11 is 5.95. The zero-order chi connectivity index (χ0) is 26.0. The van der Waals surface area contributed by atoms with Crippen LogP contribution in [0.5, 0.6) is 5.75 Å². The van der Waals surface area contributed by atoms with Gasteiger partial charge in [0, 0.05) is 29.5 Å². The van der Waals surface area contributed by atoms with Gasteiger partial charge in [0.1, 0.15) is 16.8 Å². The van der Waals surface area contributed by atoms with E-state index in [0.29, 0.717) is 22.0 Å². The third kappa shape index (κ3) is 5.31. The molecule has 7 nitrogen and oxygen atoms in total. The highest BCUT2D eigenvalue weighted by Crippen LogP contribution is 2.27. The molecular formula is C28H32ClN5O2. The number of hydrogen-bond acceptors (Lipinski definition) is 5. The van der Waals surface area contributed by atoms with Crippen molar-refractivity contribution in [3.8, 4) is 11.4 Å². The monoisotopic (exact) mass is 505 g/mol. The highest BCUT2D eigenvalue weighted by atomic mass is 35.5. The third-order valence-corrected chi connectivity index (χ3v) is 6.48. The van der Waals surface area contributed by atoms with Gasteiger partial charge < -0.3 is 15.0 Å². The number of nitrogens with zero attached hydrogens (tertiary/aromatic N) is 4. The van der Waals surface area contributed by atoms with Crippen molar-refractivity contribution in [2.45, 2.75) is 47.1 Å². The van der Waals surface area contributed by atoms with Gasteiger partial charge in [0.2, 0.25) is 0 Å². The number of benzene rings is 3. The van der Waals surface area contributed by atoms with E-state index in [2.05, 4.69) is 43.1 Å². The predicted molar refractivity (Wildman–Crippen MR) is 147 cm³/mol. The van der Waals surface area contributed by atoms with Crippen LogP contribution in [0.2, 0.25) is 5.02 Å². The summed E-state index contributed by atoms with van der Waals surface area (Å²) < 4.78 is 5.93. The normalized spacial score (nSPS) is 11.5. The molecule has 1 heterocycles. The van der Waals surface area contributed by atoms with Crippen LogP contribution in [0.4, 0.5) is 11.4 Å². The van der Waals surface area contributed by atoms with Gasteiger partial charge in [-0.2, -0.15) is 4.80 Å². The van der Waals surface area contributed by atoms with Crippen molar-refractivity contribution in [1.82, 2.24) is 15.0 Å². The molecule has 4 rings (SSSR count). The first kappa shape index (κ1) is 25.5. The largest absolute Gasteiger partial charge is 0.478 e. The summed E-state index contributed by atoms with van der Waals surface area (Å²) in [4.78, 5) is 17.1. The molecule has 8 heteroatoms. The number of ether oxygens (including phenoxy) is 1. The summed E-state index contributed by atoms with van der Waals surface area (Å²) in [5, 5.41) is 13.0. The molecule has 188 valence electrons. The van der Waals surface area contributed by atoms with E-state index in [1.165, 1.54) is 5.69 Å². The molecule has 1 aromatic heterocycles. The lowest BCUT2D eigenvalue weighted by atomic mass is 10.1. The molecule has 0 bridgehead atoms. The van der Waals surface area contributed by atoms with E-state index >= 15 is 0 Å². The molecule has 1 N–H and O–H groups in total. The fourth-order valence-corrected chi connectivity index (χ4v) is 4.20. The van der Waals surface area contributed by atoms with Crippen molar-refractivity contribution in [3.63, 3.8) is 0 Å². The van der Waals surface area contributed by atoms with E-state index in [9.17, 15) is 4.79 Å². The number of carbonyl (C=O) groups excluding carboxylic acids is 1. The zero-order valence-corrected chi connectivity index (χ0v) is 22.3. The Hall–Kier alpha value is -3.58. The molecule has 4 aromatic rings. The number of rotatable bonds is 8. The van der Waals surface area contributed by atoms with Crippen LogP contribution in [-0.4, -0.2) is 39.6 Å². The van der Waals surface area contributed by atoms with Gasteiger partial charge in [-0.3, -0.25) is 4.79 Å². The quantitative estimate of drug-likeness (QED) is 0.303. The Kier molecular flexibility index (Phi) is 7.22. The maximum atomic E-state index is 13.1. The maximum absolute atomic E-state index is 13.1. The Bertz CT molecular complexity index is 1390. The second-order valence-corrected chi connectivity index (χ2v) is 9.75. The van der Waals surface area contributed by atoms with Gasteiger partial charge in [-0.05, 0) is 107 Å². The van der Waals surface area contributed by atoms with E-state index in [-0.39, 0.29) is 5.91 Å². The molecule has 0 spiro atoms. The van der Waals surface area contributed by atoms with Crippen molar-refractivity contribution in [2.75, 3.05) is 23.3 Å². The van der Waals surface area contributed by atoms with Crippen molar-refractivity contribution >= 4 is 39.9 Å².